The number of hydrogen-bond donors (Lipinski definition) is 1. The molecule has 2 N–H and O–H groups in total. The topological polar surface area (TPSA) is 174 Å². The molecule has 2 amide bonds. The average Bonchev–Trinajstić information content (AvgIpc) is 4.16. The van der Waals surface area contributed by atoms with Crippen molar-refractivity contribution < 1.29 is 28.7 Å². The smallest absolute Gasteiger partial charge is 0.425 e. The minimum Gasteiger partial charge on any atom is -0.443 e. The van der Waals surface area contributed by atoms with Crippen molar-refractivity contribution in [3.05, 3.63) is 173 Å². The molecule has 0 unspecified atom stereocenters. The zero-order valence-corrected chi connectivity index (χ0v) is 46.3. The molecule has 2 aliphatic rings. The van der Waals surface area contributed by atoms with Crippen LogP contribution in [0.4, 0.5) is 21.2 Å². The summed E-state index contributed by atoms with van der Waals surface area (Å²) in [6, 6.07) is 23.1. The highest BCUT2D eigenvalue weighted by atomic mass is 35.5. The highest BCUT2D eigenvalue weighted by Gasteiger charge is 2.35. The van der Waals surface area contributed by atoms with Gasteiger partial charge in [-0.3, -0.25) is 29.4 Å². The number of fused-ring (bicyclic) bond motifs is 4. The highest BCUT2D eigenvalue weighted by molar-refractivity contribution is 7.15. The largest absolute Gasteiger partial charge is 0.443 e. The number of aryl methyl sites for hydroxylation is 2. The molecule has 0 fully saturated rings. The molecule has 0 spiro atoms. The van der Waals surface area contributed by atoms with E-state index >= 15 is 0 Å². The zero-order chi connectivity index (χ0) is 53.9. The Kier molecular flexibility index (Phi) is 16.3. The Morgan fingerprint density at radius 2 is 1.04 bits per heavy atom. The van der Waals surface area contributed by atoms with Gasteiger partial charge in [0.15, 0.2) is 17.4 Å². The lowest BCUT2D eigenvalue weighted by Crippen LogP contribution is -2.44. The maximum absolute atomic E-state index is 13.2. The van der Waals surface area contributed by atoms with E-state index in [1.807, 2.05) is 67.3 Å². The van der Waals surface area contributed by atoms with Crippen LogP contribution >= 0.6 is 45.9 Å². The zero-order valence-electron chi connectivity index (χ0n) is 43.2. The van der Waals surface area contributed by atoms with Gasteiger partial charge in [0.25, 0.3) is 0 Å². The normalized spacial score (nSPS) is 13.5. The van der Waals surface area contributed by atoms with Crippen LogP contribution in [0.5, 0.6) is 0 Å². The number of imide groups is 1. The first-order chi connectivity index (χ1) is 36.2. The summed E-state index contributed by atoms with van der Waals surface area (Å²) in [5.74, 6) is 0.787. The van der Waals surface area contributed by atoms with Gasteiger partial charge in [-0.25, -0.2) is 19.6 Å². The number of Topliss-reactive ketones (excluding diaryl/α,β-unsaturated/α-hetero) is 2. The van der Waals surface area contributed by atoms with Crippen molar-refractivity contribution in [2.24, 2.45) is 0 Å². The Labute approximate surface area is 459 Å². The number of pyridine rings is 4. The molecule has 0 aliphatic carbocycles. The van der Waals surface area contributed by atoms with Gasteiger partial charge in [-0.15, -0.1) is 22.7 Å². The number of hydrogen-bond acceptors (Lipinski definition) is 15. The summed E-state index contributed by atoms with van der Waals surface area (Å²) in [5.41, 5.74) is 11.4. The molecular formula is C58H58Cl2N8O6S2. The minimum atomic E-state index is -0.883. The van der Waals surface area contributed by atoms with Gasteiger partial charge in [-0.2, -0.15) is 4.90 Å². The molecule has 0 saturated heterocycles. The summed E-state index contributed by atoms with van der Waals surface area (Å²) in [4.78, 5) is 78.1. The number of aromatic nitrogens is 4. The van der Waals surface area contributed by atoms with E-state index in [1.54, 1.807) is 65.9 Å². The SMILES string of the molecule is CC(C)(C)OC(=O)N(C(=O)OC(C)(C)C)c1nccc2cc(CCC(=O)c3cc(Cl)c(CN4Cc5ccncc5C4)s3)ccc12.Nc1nccc2cc(CCC(=O)c3cc(Cl)c(CN4Cc5ccncc5C4)s3)ccc12. The molecule has 18 heteroatoms. The molecule has 8 heterocycles. The molecule has 0 bridgehead atoms. The van der Waals surface area contributed by atoms with E-state index in [-0.39, 0.29) is 17.4 Å². The van der Waals surface area contributed by atoms with Crippen LogP contribution in [0.3, 0.4) is 0 Å². The predicted octanol–water partition coefficient (Wildman–Crippen LogP) is 13.6. The van der Waals surface area contributed by atoms with Crippen LogP contribution in [0.2, 0.25) is 10.0 Å². The van der Waals surface area contributed by atoms with E-state index in [0.29, 0.717) is 58.4 Å². The van der Waals surface area contributed by atoms with E-state index in [0.717, 1.165) is 79.5 Å². The summed E-state index contributed by atoms with van der Waals surface area (Å²) >= 11 is 16.0. The maximum Gasteiger partial charge on any atom is 0.425 e. The van der Waals surface area contributed by atoms with Gasteiger partial charge < -0.3 is 15.2 Å². The number of benzene rings is 2. The number of nitrogens with zero attached hydrogens (tertiary/aromatic N) is 7. The second-order valence-electron chi connectivity index (χ2n) is 20.9. The van der Waals surface area contributed by atoms with Crippen molar-refractivity contribution in [1.29, 1.82) is 0 Å². The number of anilines is 2. The predicted molar refractivity (Wildman–Crippen MR) is 301 cm³/mol. The number of nitrogens with two attached hydrogens (primary N) is 1. The van der Waals surface area contributed by atoms with Crippen LogP contribution in [0.15, 0.2) is 110 Å². The van der Waals surface area contributed by atoms with Crippen molar-refractivity contribution in [2.45, 2.75) is 118 Å². The van der Waals surface area contributed by atoms with Gasteiger partial charge in [0.2, 0.25) is 0 Å². The molecule has 6 aromatic heterocycles. The number of ketones is 2. The molecule has 2 aliphatic heterocycles. The van der Waals surface area contributed by atoms with E-state index < -0.39 is 23.4 Å². The van der Waals surface area contributed by atoms with Crippen molar-refractivity contribution in [2.75, 3.05) is 10.6 Å². The third kappa shape index (κ3) is 13.3. The Bertz CT molecular complexity index is 3420. The third-order valence-corrected chi connectivity index (χ3v) is 15.9. The highest BCUT2D eigenvalue weighted by Crippen LogP contribution is 2.35. The van der Waals surface area contributed by atoms with E-state index in [9.17, 15) is 19.2 Å². The Hall–Kier alpha value is -6.66. The van der Waals surface area contributed by atoms with Gasteiger partial charge in [-0.1, -0.05) is 59.6 Å². The molecule has 0 atom stereocenters. The van der Waals surface area contributed by atoms with Crippen molar-refractivity contribution in [3.8, 4) is 0 Å². The lowest BCUT2D eigenvalue weighted by atomic mass is 10.0. The van der Waals surface area contributed by atoms with E-state index in [1.165, 1.54) is 51.1 Å². The number of ether oxygens (including phenoxy) is 2. The number of carbonyl (C=O) groups excluding carboxylic acids is 4. The summed E-state index contributed by atoms with van der Waals surface area (Å²) in [5, 5.41) is 4.59. The number of halogens is 2. The Morgan fingerprint density at radius 3 is 1.51 bits per heavy atom. The van der Waals surface area contributed by atoms with Gasteiger partial charge >= 0.3 is 12.2 Å². The molecule has 76 heavy (non-hydrogen) atoms. The van der Waals surface area contributed by atoms with Crippen LogP contribution < -0.4 is 10.6 Å². The Morgan fingerprint density at radius 1 is 0.592 bits per heavy atom. The first-order valence-corrected chi connectivity index (χ1v) is 27.3. The summed E-state index contributed by atoms with van der Waals surface area (Å²) in [6.45, 7) is 15.1. The Balaban J connectivity index is 0.000000198. The summed E-state index contributed by atoms with van der Waals surface area (Å²) in [6.07, 6.45) is 10.9. The average molecular weight is 1100 g/mol. The number of carbonyl (C=O) groups is 4. The van der Waals surface area contributed by atoms with Crippen molar-refractivity contribution in [3.63, 3.8) is 0 Å². The van der Waals surface area contributed by atoms with E-state index in [2.05, 4.69) is 41.9 Å². The monoisotopic (exact) mass is 1100 g/mol. The van der Waals surface area contributed by atoms with Crippen LogP contribution in [0.25, 0.3) is 21.5 Å². The number of amides is 2. The molecular weight excluding hydrogens is 1040 g/mol. The molecule has 2 aromatic carbocycles. The van der Waals surface area contributed by atoms with E-state index in [4.69, 9.17) is 38.4 Å². The maximum atomic E-state index is 13.2. The molecule has 10 rings (SSSR count). The van der Waals surface area contributed by atoms with Crippen LogP contribution in [0, 0.1) is 0 Å². The second kappa shape index (κ2) is 22.9. The standard InChI is InChI=1S/C34H37ClN4O5S.C24H21ClN4OS/c1-33(2,3)43-31(41)39(32(42)44-34(4,5)6)30-25-9-7-21(15-22(25)12-14-37-30)8-10-27(40)28-16-26(35)29(45-28)20-38-18-23-11-13-36-17-24(23)19-38;25-20-10-22(31-23(20)14-29-12-17-5-7-27-11-18(17)13-29)21(30)4-2-15-1-3-19-16(9-15)6-8-28-24(19)26/h7,9,11-17H,8,10,18-20H2,1-6H3;1,3,5-11H,2,4,12-14H2,(H2,26,28). The number of rotatable bonds is 13. The van der Waals surface area contributed by atoms with Crippen LogP contribution in [-0.4, -0.2) is 64.7 Å². The van der Waals surface area contributed by atoms with Crippen LogP contribution in [0.1, 0.15) is 117 Å². The van der Waals surface area contributed by atoms with Crippen molar-refractivity contribution >= 4 is 103 Å². The molecule has 14 nitrogen and oxygen atoms in total. The first kappa shape index (κ1) is 54.1. The lowest BCUT2D eigenvalue weighted by Gasteiger charge is -2.28. The minimum absolute atomic E-state index is 0.0265. The van der Waals surface area contributed by atoms with Gasteiger partial charge in [0, 0.05) is 110 Å². The molecule has 8 aromatic rings. The summed E-state index contributed by atoms with van der Waals surface area (Å²) in [7, 11) is 0. The lowest BCUT2D eigenvalue weighted by molar-refractivity contribution is 0.0429. The molecule has 0 radical (unpaired) electrons. The number of thiophene rings is 2. The fourth-order valence-corrected chi connectivity index (χ4v) is 11.9. The second-order valence-corrected chi connectivity index (χ2v) is 24.0. The quantitative estimate of drug-likeness (QED) is 0.108. The van der Waals surface area contributed by atoms with Gasteiger partial charge in [-0.05, 0) is 135 Å². The van der Waals surface area contributed by atoms with Gasteiger partial charge in [0.05, 0.1) is 19.8 Å². The summed E-state index contributed by atoms with van der Waals surface area (Å²) < 4.78 is 11.1. The fourth-order valence-electron chi connectivity index (χ4n) is 9.09. The third-order valence-electron chi connectivity index (χ3n) is 12.7. The van der Waals surface area contributed by atoms with Gasteiger partial charge in [0.1, 0.15) is 17.0 Å². The molecule has 392 valence electrons. The molecule has 0 saturated carbocycles. The van der Waals surface area contributed by atoms with Crippen molar-refractivity contribution in [1.82, 2.24) is 29.7 Å². The van der Waals surface area contributed by atoms with Crippen LogP contribution in [-0.2, 0) is 61.6 Å². The number of nitrogen functional groups attached to an aromatic ring is 1. The fraction of sp³-hybridized carbons (Fsp3) is 0.310. The first-order valence-electron chi connectivity index (χ1n) is 24.9.